The number of aryl methyl sites for hydroxylation is 1. The van der Waals surface area contributed by atoms with Gasteiger partial charge in [0, 0.05) is 17.8 Å². The molecule has 1 atom stereocenters. The maximum absolute atomic E-state index is 10.6. The van der Waals surface area contributed by atoms with E-state index < -0.39 is 6.04 Å². The van der Waals surface area contributed by atoms with Crippen molar-refractivity contribution >= 4 is 6.21 Å². The second-order valence-electron chi connectivity index (χ2n) is 4.16. The van der Waals surface area contributed by atoms with Gasteiger partial charge < -0.3 is 22.4 Å². The van der Waals surface area contributed by atoms with E-state index >= 15 is 0 Å². The van der Waals surface area contributed by atoms with Crippen molar-refractivity contribution in [2.24, 2.45) is 12.2 Å². The molecule has 114 valence electrons. The van der Waals surface area contributed by atoms with Gasteiger partial charge in [-0.15, -0.1) is 0 Å². The third-order valence-corrected chi connectivity index (χ3v) is 2.89. The number of imidazole rings is 1. The van der Waals surface area contributed by atoms with Crippen LogP contribution in [0.2, 0.25) is 0 Å². The Morgan fingerprint density at radius 2 is 2.40 bits per heavy atom. The van der Waals surface area contributed by atoms with E-state index in [2.05, 4.69) is 5.16 Å². The van der Waals surface area contributed by atoms with Crippen LogP contribution in [0.4, 0.5) is 0 Å². The topological polar surface area (TPSA) is 93.8 Å². The SMILES string of the molecule is CCC(CCOCn1cc[n+](C)c1/C=N\O)[N+](=O)[O-].[Cl-]. The lowest BCUT2D eigenvalue weighted by atomic mass is 10.2. The Morgan fingerprint density at radius 1 is 1.70 bits per heavy atom. The summed E-state index contributed by atoms with van der Waals surface area (Å²) in [6.07, 6.45) is 5.76. The number of hydrogen-bond acceptors (Lipinski definition) is 5. The standard InChI is InChI=1S/C11H18N4O4.ClH/c1-3-10(15(17)18)4-7-19-9-14-6-5-13(2)11(14)8-12-16;/h5-6,8,10H,3-4,7,9H2,1-2H3;1H. The molecule has 1 aromatic heterocycles. The molecule has 1 heterocycles. The van der Waals surface area contributed by atoms with Crippen LogP contribution in [0.15, 0.2) is 17.5 Å². The predicted molar refractivity (Wildman–Crippen MR) is 66.6 cm³/mol. The number of rotatable bonds is 8. The van der Waals surface area contributed by atoms with Gasteiger partial charge in [-0.3, -0.25) is 10.1 Å². The van der Waals surface area contributed by atoms with Gasteiger partial charge in [0.1, 0.15) is 12.4 Å². The molecule has 0 spiro atoms. The highest BCUT2D eigenvalue weighted by atomic mass is 35.5. The average Bonchev–Trinajstić information content (AvgIpc) is 2.71. The summed E-state index contributed by atoms with van der Waals surface area (Å²) in [5.74, 6) is 0.670. The van der Waals surface area contributed by atoms with Crippen LogP contribution in [-0.4, -0.2) is 33.6 Å². The molecule has 0 bridgehead atoms. The number of nitrogens with zero attached hydrogens (tertiary/aromatic N) is 4. The maximum atomic E-state index is 10.6. The fourth-order valence-corrected chi connectivity index (χ4v) is 1.70. The van der Waals surface area contributed by atoms with Crippen molar-refractivity contribution in [1.29, 1.82) is 0 Å². The second kappa shape index (κ2) is 9.27. The fourth-order valence-electron chi connectivity index (χ4n) is 1.70. The molecule has 1 N–H and O–H groups in total. The Morgan fingerprint density at radius 3 is 2.95 bits per heavy atom. The third kappa shape index (κ3) is 5.14. The molecule has 0 saturated heterocycles. The van der Waals surface area contributed by atoms with Crippen molar-refractivity contribution in [2.75, 3.05) is 6.61 Å². The summed E-state index contributed by atoms with van der Waals surface area (Å²) in [5.41, 5.74) is 0. The second-order valence-corrected chi connectivity index (χ2v) is 4.16. The van der Waals surface area contributed by atoms with Gasteiger partial charge in [-0.2, -0.15) is 0 Å². The Balaban J connectivity index is 0.00000361. The summed E-state index contributed by atoms with van der Waals surface area (Å²) in [4.78, 5) is 10.4. The smallest absolute Gasteiger partial charge is 0.305 e. The number of ether oxygens (including phenoxy) is 1. The summed E-state index contributed by atoms with van der Waals surface area (Å²) < 4.78 is 8.92. The third-order valence-electron chi connectivity index (χ3n) is 2.89. The zero-order valence-electron chi connectivity index (χ0n) is 11.5. The Labute approximate surface area is 123 Å². The van der Waals surface area contributed by atoms with Crippen molar-refractivity contribution in [2.45, 2.75) is 32.5 Å². The highest BCUT2D eigenvalue weighted by Crippen LogP contribution is 2.03. The molecule has 0 aliphatic rings. The van der Waals surface area contributed by atoms with Crippen LogP contribution in [0.25, 0.3) is 0 Å². The molecule has 1 aromatic rings. The number of oxime groups is 1. The molecule has 1 unspecified atom stereocenters. The van der Waals surface area contributed by atoms with E-state index in [0.717, 1.165) is 0 Å². The maximum Gasteiger partial charge on any atom is 0.305 e. The van der Waals surface area contributed by atoms with Crippen molar-refractivity contribution < 1.29 is 31.8 Å². The first-order chi connectivity index (χ1) is 9.10. The van der Waals surface area contributed by atoms with Crippen LogP contribution >= 0.6 is 0 Å². The molecule has 1 rings (SSSR count). The van der Waals surface area contributed by atoms with Crippen LogP contribution in [0, 0.1) is 10.1 Å². The van der Waals surface area contributed by atoms with Crippen molar-refractivity contribution in [1.82, 2.24) is 4.57 Å². The van der Waals surface area contributed by atoms with E-state index in [1.165, 1.54) is 6.21 Å². The molecule has 8 nitrogen and oxygen atoms in total. The molecule has 20 heavy (non-hydrogen) atoms. The van der Waals surface area contributed by atoms with Gasteiger partial charge >= 0.3 is 5.82 Å². The van der Waals surface area contributed by atoms with E-state index in [0.29, 0.717) is 25.3 Å². The molecule has 0 aromatic carbocycles. The van der Waals surface area contributed by atoms with E-state index in [4.69, 9.17) is 9.94 Å². The molecule has 0 aliphatic heterocycles. The van der Waals surface area contributed by atoms with Crippen molar-refractivity contribution in [3.8, 4) is 0 Å². The van der Waals surface area contributed by atoms with Crippen LogP contribution < -0.4 is 17.0 Å². The summed E-state index contributed by atoms with van der Waals surface area (Å²) >= 11 is 0. The van der Waals surface area contributed by atoms with Gasteiger partial charge in [-0.1, -0.05) is 12.1 Å². The first-order valence-corrected chi connectivity index (χ1v) is 6.03. The number of nitro groups is 1. The van der Waals surface area contributed by atoms with E-state index in [9.17, 15) is 10.1 Å². The quantitative estimate of drug-likeness (QED) is 0.144. The molecule has 0 amide bonds. The Hall–Kier alpha value is -1.67. The zero-order chi connectivity index (χ0) is 14.3. The minimum atomic E-state index is -0.556. The Kier molecular flexibility index (Phi) is 8.49. The zero-order valence-corrected chi connectivity index (χ0v) is 12.2. The first kappa shape index (κ1) is 18.3. The average molecular weight is 307 g/mol. The fraction of sp³-hybridized carbons (Fsp3) is 0.636. The highest BCUT2D eigenvalue weighted by Gasteiger charge is 2.17. The molecular weight excluding hydrogens is 288 g/mol. The van der Waals surface area contributed by atoms with Gasteiger partial charge in [-0.25, -0.2) is 9.13 Å². The van der Waals surface area contributed by atoms with Crippen LogP contribution in [0.1, 0.15) is 25.6 Å². The summed E-state index contributed by atoms with van der Waals surface area (Å²) in [7, 11) is 1.81. The molecule has 9 heteroatoms. The molecule has 0 saturated carbocycles. The predicted octanol–water partition coefficient (Wildman–Crippen LogP) is -2.46. The number of aromatic nitrogens is 2. The van der Waals surface area contributed by atoms with Crippen molar-refractivity contribution in [3.63, 3.8) is 0 Å². The lowest BCUT2D eigenvalue weighted by Crippen LogP contribution is -3.00. The van der Waals surface area contributed by atoms with E-state index in [-0.39, 0.29) is 24.1 Å². The van der Waals surface area contributed by atoms with E-state index in [1.807, 2.05) is 7.05 Å². The van der Waals surface area contributed by atoms with Gasteiger partial charge in [0.25, 0.3) is 0 Å². The summed E-state index contributed by atoms with van der Waals surface area (Å²) in [6.45, 7) is 2.36. The monoisotopic (exact) mass is 306 g/mol. The van der Waals surface area contributed by atoms with Crippen LogP contribution in [0.3, 0.4) is 0 Å². The van der Waals surface area contributed by atoms with Crippen molar-refractivity contribution in [3.05, 3.63) is 28.3 Å². The van der Waals surface area contributed by atoms with Gasteiger partial charge in [-0.05, 0) is 0 Å². The normalized spacial score (nSPS) is 12.3. The van der Waals surface area contributed by atoms with Crippen LogP contribution in [0.5, 0.6) is 0 Å². The van der Waals surface area contributed by atoms with Gasteiger partial charge in [0.05, 0.1) is 13.7 Å². The highest BCUT2D eigenvalue weighted by molar-refractivity contribution is 5.72. The lowest BCUT2D eigenvalue weighted by Gasteiger charge is -2.06. The number of halogens is 1. The van der Waals surface area contributed by atoms with E-state index in [1.54, 1.807) is 28.5 Å². The minimum Gasteiger partial charge on any atom is -1.00 e. The molecule has 0 aliphatic carbocycles. The molecule has 0 radical (unpaired) electrons. The van der Waals surface area contributed by atoms with Crippen LogP contribution in [-0.2, 0) is 18.5 Å². The van der Waals surface area contributed by atoms with Gasteiger partial charge in [0.15, 0.2) is 12.9 Å². The molecular formula is C11H19ClN4O4. The Bertz CT molecular complexity index is 450. The van der Waals surface area contributed by atoms with Gasteiger partial charge in [0.2, 0.25) is 6.04 Å². The molecule has 0 fully saturated rings. The largest absolute Gasteiger partial charge is 1.00 e. The number of hydrogen-bond donors (Lipinski definition) is 1. The first-order valence-electron chi connectivity index (χ1n) is 6.03. The minimum absolute atomic E-state index is 0. The summed E-state index contributed by atoms with van der Waals surface area (Å²) in [5, 5.41) is 22.2. The lowest BCUT2D eigenvalue weighted by molar-refractivity contribution is -0.672. The summed E-state index contributed by atoms with van der Waals surface area (Å²) in [6, 6.07) is -0.556.